The van der Waals surface area contributed by atoms with E-state index in [9.17, 15) is 13.2 Å². The minimum absolute atomic E-state index is 0.102. The zero-order chi connectivity index (χ0) is 27.0. The fourth-order valence-electron chi connectivity index (χ4n) is 3.86. The highest BCUT2D eigenvalue weighted by atomic mass is 32.2. The Morgan fingerprint density at radius 1 is 0.868 bits per heavy atom. The van der Waals surface area contributed by atoms with Crippen molar-refractivity contribution in [3.05, 3.63) is 125 Å². The molecular formula is C30H29N3O4S. The Morgan fingerprint density at radius 3 is 2.11 bits per heavy atom. The van der Waals surface area contributed by atoms with Crippen LogP contribution in [0.1, 0.15) is 22.3 Å². The summed E-state index contributed by atoms with van der Waals surface area (Å²) in [6, 6.07) is 30.6. The van der Waals surface area contributed by atoms with Gasteiger partial charge in [-0.25, -0.2) is 13.8 Å². The molecule has 0 unspecified atom stereocenters. The van der Waals surface area contributed by atoms with E-state index in [0.29, 0.717) is 18.0 Å². The van der Waals surface area contributed by atoms with Crippen LogP contribution in [-0.4, -0.2) is 27.1 Å². The maximum absolute atomic E-state index is 13.5. The smallest absolute Gasteiger partial charge is 0.264 e. The molecule has 0 aromatic heterocycles. The normalized spacial score (nSPS) is 11.3. The second kappa shape index (κ2) is 12.2. The quantitative estimate of drug-likeness (QED) is 0.226. The zero-order valence-corrected chi connectivity index (χ0v) is 22.1. The third-order valence-corrected chi connectivity index (χ3v) is 7.43. The van der Waals surface area contributed by atoms with Crippen molar-refractivity contribution in [2.75, 3.05) is 10.8 Å². The molecule has 0 saturated heterocycles. The molecule has 38 heavy (non-hydrogen) atoms. The molecule has 7 nitrogen and oxygen atoms in total. The largest absolute Gasteiger partial charge is 0.489 e. The van der Waals surface area contributed by atoms with Gasteiger partial charge in [0.1, 0.15) is 18.9 Å². The summed E-state index contributed by atoms with van der Waals surface area (Å²) < 4.78 is 33.8. The molecule has 0 bridgehead atoms. The lowest BCUT2D eigenvalue weighted by atomic mass is 10.1. The Labute approximate surface area is 223 Å². The molecule has 4 rings (SSSR count). The second-order valence-corrected chi connectivity index (χ2v) is 10.7. The second-order valence-electron chi connectivity index (χ2n) is 8.81. The highest BCUT2D eigenvalue weighted by molar-refractivity contribution is 7.92. The van der Waals surface area contributed by atoms with Crippen LogP contribution in [-0.2, 0) is 21.4 Å². The molecular weight excluding hydrogens is 498 g/mol. The summed E-state index contributed by atoms with van der Waals surface area (Å²) >= 11 is 0. The van der Waals surface area contributed by atoms with Gasteiger partial charge in [-0.3, -0.25) is 9.10 Å². The molecule has 0 aliphatic carbocycles. The molecule has 8 heteroatoms. The minimum atomic E-state index is -3.98. The van der Waals surface area contributed by atoms with Gasteiger partial charge in [0.25, 0.3) is 15.9 Å². The average Bonchev–Trinajstić information content (AvgIpc) is 2.92. The van der Waals surface area contributed by atoms with Crippen molar-refractivity contribution >= 4 is 27.8 Å². The predicted octanol–water partition coefficient (Wildman–Crippen LogP) is 5.23. The van der Waals surface area contributed by atoms with Crippen LogP contribution in [0.3, 0.4) is 0 Å². The SMILES string of the molecule is Cc1cc(C)cc(N(CC(=O)N/N=C\c2ccc(OCc3ccccc3)cc2)S(=O)(=O)c2ccccc2)c1. The molecule has 0 radical (unpaired) electrons. The van der Waals surface area contributed by atoms with E-state index < -0.39 is 22.5 Å². The number of hydrogen-bond donors (Lipinski definition) is 1. The summed E-state index contributed by atoms with van der Waals surface area (Å²) in [7, 11) is -3.98. The maximum atomic E-state index is 13.5. The van der Waals surface area contributed by atoms with E-state index in [1.807, 2.05) is 74.5 Å². The summed E-state index contributed by atoms with van der Waals surface area (Å²) in [6.45, 7) is 3.80. The third kappa shape index (κ3) is 7.08. The number of anilines is 1. The van der Waals surface area contributed by atoms with Gasteiger partial charge in [-0.2, -0.15) is 5.10 Å². The van der Waals surface area contributed by atoms with Gasteiger partial charge in [0, 0.05) is 0 Å². The van der Waals surface area contributed by atoms with Gasteiger partial charge in [-0.15, -0.1) is 0 Å². The summed E-state index contributed by atoms with van der Waals surface area (Å²) in [6.07, 6.45) is 1.49. The van der Waals surface area contributed by atoms with Crippen LogP contribution >= 0.6 is 0 Å². The highest BCUT2D eigenvalue weighted by Gasteiger charge is 2.27. The molecule has 0 spiro atoms. The van der Waals surface area contributed by atoms with E-state index >= 15 is 0 Å². The first-order chi connectivity index (χ1) is 18.3. The molecule has 194 valence electrons. The number of amides is 1. The van der Waals surface area contributed by atoms with E-state index in [1.54, 1.807) is 30.3 Å². The predicted molar refractivity (Wildman–Crippen MR) is 150 cm³/mol. The van der Waals surface area contributed by atoms with E-state index in [2.05, 4.69) is 10.5 Å². The monoisotopic (exact) mass is 527 g/mol. The number of sulfonamides is 1. The Balaban J connectivity index is 1.42. The average molecular weight is 528 g/mol. The number of benzene rings is 4. The van der Waals surface area contributed by atoms with Gasteiger partial charge in [-0.1, -0.05) is 54.6 Å². The Kier molecular flexibility index (Phi) is 8.55. The summed E-state index contributed by atoms with van der Waals surface area (Å²) in [5.41, 5.74) is 6.46. The first kappa shape index (κ1) is 26.6. The molecule has 0 aliphatic heterocycles. The number of hydrogen-bond acceptors (Lipinski definition) is 5. The van der Waals surface area contributed by atoms with Crippen molar-refractivity contribution in [2.45, 2.75) is 25.3 Å². The van der Waals surface area contributed by atoms with Crippen LogP contribution in [0.4, 0.5) is 5.69 Å². The summed E-state index contributed by atoms with van der Waals surface area (Å²) in [5, 5.41) is 4.01. The van der Waals surface area contributed by atoms with Crippen LogP contribution < -0.4 is 14.5 Å². The summed E-state index contributed by atoms with van der Waals surface area (Å²) in [5.74, 6) is 0.146. The van der Waals surface area contributed by atoms with Crippen molar-refractivity contribution < 1.29 is 17.9 Å². The van der Waals surface area contributed by atoms with Crippen molar-refractivity contribution in [1.82, 2.24) is 5.43 Å². The fraction of sp³-hybridized carbons (Fsp3) is 0.133. The Hall–Kier alpha value is -4.43. The number of aryl methyl sites for hydroxylation is 2. The fourth-order valence-corrected chi connectivity index (χ4v) is 5.29. The lowest BCUT2D eigenvalue weighted by Gasteiger charge is -2.24. The lowest BCUT2D eigenvalue weighted by Crippen LogP contribution is -2.39. The molecule has 1 N–H and O–H groups in total. The van der Waals surface area contributed by atoms with Crippen LogP contribution in [0, 0.1) is 13.8 Å². The third-order valence-electron chi connectivity index (χ3n) is 5.64. The molecule has 4 aromatic carbocycles. The van der Waals surface area contributed by atoms with Crippen molar-refractivity contribution in [3.63, 3.8) is 0 Å². The minimum Gasteiger partial charge on any atom is -0.489 e. The summed E-state index contributed by atoms with van der Waals surface area (Å²) in [4.78, 5) is 12.9. The number of hydrazone groups is 1. The van der Waals surface area contributed by atoms with Gasteiger partial charge in [0.2, 0.25) is 0 Å². The van der Waals surface area contributed by atoms with Crippen molar-refractivity contribution in [2.24, 2.45) is 5.10 Å². The van der Waals surface area contributed by atoms with E-state index in [-0.39, 0.29) is 4.90 Å². The Bertz CT molecular complexity index is 1480. The van der Waals surface area contributed by atoms with E-state index in [0.717, 1.165) is 26.6 Å². The van der Waals surface area contributed by atoms with Gasteiger partial charge >= 0.3 is 0 Å². The molecule has 0 aliphatic rings. The molecule has 0 fully saturated rings. The van der Waals surface area contributed by atoms with Gasteiger partial charge in [0.05, 0.1) is 16.8 Å². The first-order valence-corrected chi connectivity index (χ1v) is 13.5. The maximum Gasteiger partial charge on any atom is 0.264 e. The molecule has 1 amide bonds. The number of carbonyl (C=O) groups is 1. The highest BCUT2D eigenvalue weighted by Crippen LogP contribution is 2.25. The number of nitrogens with zero attached hydrogens (tertiary/aromatic N) is 2. The molecule has 0 heterocycles. The van der Waals surface area contributed by atoms with Gasteiger partial charge in [0.15, 0.2) is 0 Å². The zero-order valence-electron chi connectivity index (χ0n) is 21.2. The van der Waals surface area contributed by atoms with Gasteiger partial charge < -0.3 is 4.74 Å². The molecule has 0 atom stereocenters. The first-order valence-electron chi connectivity index (χ1n) is 12.1. The van der Waals surface area contributed by atoms with Crippen LogP contribution in [0.15, 0.2) is 113 Å². The molecule has 0 saturated carbocycles. The lowest BCUT2D eigenvalue weighted by molar-refractivity contribution is -0.119. The van der Waals surface area contributed by atoms with E-state index in [4.69, 9.17) is 4.74 Å². The number of nitrogens with one attached hydrogen (secondary N) is 1. The number of carbonyl (C=O) groups excluding carboxylic acids is 1. The van der Waals surface area contributed by atoms with Crippen LogP contribution in [0.5, 0.6) is 5.75 Å². The van der Waals surface area contributed by atoms with Crippen molar-refractivity contribution in [1.29, 1.82) is 0 Å². The standard InChI is InChI=1S/C30H29N3O4S/c1-23-17-24(2)19-27(18-23)33(38(35,36)29-11-7-4-8-12-29)21-30(34)32-31-20-25-13-15-28(16-14-25)37-22-26-9-5-3-6-10-26/h3-20H,21-22H2,1-2H3,(H,32,34)/b31-20-. The van der Waals surface area contributed by atoms with Crippen LogP contribution in [0.2, 0.25) is 0 Å². The topological polar surface area (TPSA) is 88.1 Å². The van der Waals surface area contributed by atoms with E-state index in [1.165, 1.54) is 18.3 Å². The van der Waals surface area contributed by atoms with Gasteiger partial charge in [-0.05, 0) is 84.6 Å². The number of ether oxygens (including phenoxy) is 1. The van der Waals surface area contributed by atoms with Crippen molar-refractivity contribution in [3.8, 4) is 5.75 Å². The van der Waals surface area contributed by atoms with Crippen LogP contribution in [0.25, 0.3) is 0 Å². The number of rotatable bonds is 10. The Morgan fingerprint density at radius 2 is 1.47 bits per heavy atom. The molecule has 4 aromatic rings.